The number of benzene rings is 3. The molecule has 43 heavy (non-hydrogen) atoms. The first-order chi connectivity index (χ1) is 20.6. The second-order valence-corrected chi connectivity index (χ2v) is 11.7. The van der Waals surface area contributed by atoms with Crippen molar-refractivity contribution < 1.29 is 22.8 Å². The number of nitrogens with zero attached hydrogens (tertiary/aromatic N) is 3. The molecule has 3 aromatic rings. The molecule has 0 spiro atoms. The number of halogens is 3. The number of aryl methyl sites for hydroxylation is 1. The first-order valence-electron chi connectivity index (χ1n) is 15.0. The van der Waals surface area contributed by atoms with E-state index < -0.39 is 11.7 Å². The van der Waals surface area contributed by atoms with Crippen molar-refractivity contribution in [1.29, 1.82) is 0 Å². The number of hydrogen-bond acceptors (Lipinski definition) is 3. The molecule has 0 aliphatic carbocycles. The highest BCUT2D eigenvalue weighted by Crippen LogP contribution is 2.31. The second-order valence-electron chi connectivity index (χ2n) is 11.7. The van der Waals surface area contributed by atoms with E-state index in [4.69, 9.17) is 0 Å². The van der Waals surface area contributed by atoms with Crippen LogP contribution in [0.3, 0.4) is 0 Å². The predicted molar refractivity (Wildman–Crippen MR) is 162 cm³/mol. The molecule has 6 nitrogen and oxygen atoms in total. The van der Waals surface area contributed by atoms with Crippen molar-refractivity contribution in [2.45, 2.75) is 56.9 Å². The van der Waals surface area contributed by atoms with Gasteiger partial charge in [-0.2, -0.15) is 13.2 Å². The van der Waals surface area contributed by atoms with E-state index in [0.717, 1.165) is 56.6 Å². The van der Waals surface area contributed by atoms with Crippen molar-refractivity contribution in [1.82, 2.24) is 20.0 Å². The van der Waals surface area contributed by atoms with Crippen molar-refractivity contribution in [3.05, 3.63) is 95.6 Å². The van der Waals surface area contributed by atoms with Gasteiger partial charge in [0.25, 0.3) is 5.91 Å². The number of nitrogens with one attached hydrogen (secondary N) is 1. The van der Waals surface area contributed by atoms with Gasteiger partial charge < -0.3 is 20.0 Å². The van der Waals surface area contributed by atoms with E-state index in [9.17, 15) is 22.8 Å². The molecular weight excluding hydrogens is 553 g/mol. The average Bonchev–Trinajstić information content (AvgIpc) is 3.63. The fourth-order valence-electron chi connectivity index (χ4n) is 6.16. The lowest BCUT2D eigenvalue weighted by Crippen LogP contribution is -2.51. The minimum absolute atomic E-state index is 0.00118. The van der Waals surface area contributed by atoms with Crippen molar-refractivity contribution in [3.8, 4) is 11.1 Å². The molecule has 5 rings (SSSR count). The Morgan fingerprint density at radius 2 is 1.56 bits per heavy atom. The third-order valence-electron chi connectivity index (χ3n) is 8.89. The van der Waals surface area contributed by atoms with Crippen LogP contribution in [-0.4, -0.2) is 78.0 Å². The molecule has 0 saturated carbocycles. The van der Waals surface area contributed by atoms with Gasteiger partial charge in [0.2, 0.25) is 0 Å². The Bertz CT molecular complexity index is 1380. The van der Waals surface area contributed by atoms with E-state index >= 15 is 0 Å². The second kappa shape index (κ2) is 13.2. The Labute approximate surface area is 251 Å². The summed E-state index contributed by atoms with van der Waals surface area (Å²) >= 11 is 0. The largest absolute Gasteiger partial charge is 0.416 e. The van der Waals surface area contributed by atoms with Crippen molar-refractivity contribution in [2.24, 2.45) is 0 Å². The van der Waals surface area contributed by atoms with E-state index in [1.807, 2.05) is 29.8 Å². The number of rotatable bonds is 8. The van der Waals surface area contributed by atoms with Gasteiger partial charge in [0.15, 0.2) is 0 Å². The SMILES string of the molecule is CC1C(NC(=O)c2ccc(-c3ccc(C(F)(F)F)cc3)cc2)CCN1C(=O)N(C)C1CCN(CCCc2ccccc2)C1. The summed E-state index contributed by atoms with van der Waals surface area (Å²) in [5, 5.41) is 3.08. The molecule has 3 amide bonds. The Hall–Kier alpha value is -3.85. The molecule has 2 aliphatic rings. The lowest BCUT2D eigenvalue weighted by Gasteiger charge is -2.33. The molecule has 2 heterocycles. The van der Waals surface area contributed by atoms with Crippen LogP contribution in [0.2, 0.25) is 0 Å². The summed E-state index contributed by atoms with van der Waals surface area (Å²) in [6, 6.07) is 22.1. The third kappa shape index (κ3) is 7.39. The maximum atomic E-state index is 13.5. The lowest BCUT2D eigenvalue weighted by molar-refractivity contribution is -0.137. The summed E-state index contributed by atoms with van der Waals surface area (Å²) in [6.45, 7) is 5.44. The van der Waals surface area contributed by atoms with Gasteiger partial charge >= 0.3 is 12.2 Å². The van der Waals surface area contributed by atoms with Gasteiger partial charge in [0, 0.05) is 38.3 Å². The Morgan fingerprint density at radius 1 is 0.907 bits per heavy atom. The van der Waals surface area contributed by atoms with Crippen LogP contribution in [0.5, 0.6) is 0 Å². The van der Waals surface area contributed by atoms with Crippen LogP contribution in [0.15, 0.2) is 78.9 Å². The molecule has 3 aromatic carbocycles. The molecule has 3 unspecified atom stereocenters. The molecule has 0 radical (unpaired) electrons. The molecule has 9 heteroatoms. The molecular formula is C34H39F3N4O2. The zero-order valence-electron chi connectivity index (χ0n) is 24.7. The number of likely N-dealkylation sites (tertiary alicyclic amines) is 2. The van der Waals surface area contributed by atoms with E-state index in [1.54, 1.807) is 24.3 Å². The highest BCUT2D eigenvalue weighted by Gasteiger charge is 2.38. The van der Waals surface area contributed by atoms with Crippen LogP contribution in [0.1, 0.15) is 47.7 Å². The van der Waals surface area contributed by atoms with Crippen LogP contribution in [-0.2, 0) is 12.6 Å². The van der Waals surface area contributed by atoms with Gasteiger partial charge in [-0.1, -0.05) is 54.6 Å². The number of urea groups is 1. The Balaban J connectivity index is 1.09. The zero-order valence-corrected chi connectivity index (χ0v) is 24.7. The monoisotopic (exact) mass is 592 g/mol. The number of carbonyl (C=O) groups is 2. The normalized spacial score (nSPS) is 20.8. The van der Waals surface area contributed by atoms with Crippen LogP contribution >= 0.6 is 0 Å². The third-order valence-corrected chi connectivity index (χ3v) is 8.89. The number of alkyl halides is 3. The highest BCUT2D eigenvalue weighted by atomic mass is 19.4. The summed E-state index contributed by atoms with van der Waals surface area (Å²) in [6.07, 6.45) is -0.603. The van der Waals surface area contributed by atoms with Gasteiger partial charge in [0.05, 0.1) is 17.6 Å². The minimum atomic E-state index is -4.38. The van der Waals surface area contributed by atoms with Crippen molar-refractivity contribution >= 4 is 11.9 Å². The number of amides is 3. The van der Waals surface area contributed by atoms with E-state index in [-0.39, 0.29) is 30.1 Å². The maximum absolute atomic E-state index is 13.5. The van der Waals surface area contributed by atoms with Crippen LogP contribution in [0.25, 0.3) is 11.1 Å². The smallest absolute Gasteiger partial charge is 0.347 e. The van der Waals surface area contributed by atoms with E-state index in [1.165, 1.54) is 17.7 Å². The van der Waals surface area contributed by atoms with Crippen LogP contribution in [0.4, 0.5) is 18.0 Å². The average molecular weight is 593 g/mol. The molecule has 0 bridgehead atoms. The molecule has 2 fully saturated rings. The predicted octanol–water partition coefficient (Wildman–Crippen LogP) is 6.32. The summed E-state index contributed by atoms with van der Waals surface area (Å²) in [7, 11) is 1.89. The summed E-state index contributed by atoms with van der Waals surface area (Å²) in [5.41, 5.74) is 2.48. The molecule has 0 aromatic heterocycles. The van der Waals surface area contributed by atoms with E-state index in [0.29, 0.717) is 24.1 Å². The van der Waals surface area contributed by atoms with Gasteiger partial charge in [0.1, 0.15) is 0 Å². The minimum Gasteiger partial charge on any atom is -0.347 e. The van der Waals surface area contributed by atoms with Crippen molar-refractivity contribution in [2.75, 3.05) is 33.2 Å². The van der Waals surface area contributed by atoms with Crippen LogP contribution < -0.4 is 5.32 Å². The number of hydrogen-bond donors (Lipinski definition) is 1. The lowest BCUT2D eigenvalue weighted by atomic mass is 10.0. The van der Waals surface area contributed by atoms with Gasteiger partial charge in [-0.25, -0.2) is 4.79 Å². The fourth-order valence-corrected chi connectivity index (χ4v) is 6.16. The van der Waals surface area contributed by atoms with Gasteiger partial charge in [-0.15, -0.1) is 0 Å². The van der Waals surface area contributed by atoms with Gasteiger partial charge in [-0.05, 0) is 80.1 Å². The molecule has 1 N–H and O–H groups in total. The van der Waals surface area contributed by atoms with Crippen LogP contribution in [0, 0.1) is 0 Å². The van der Waals surface area contributed by atoms with Gasteiger partial charge in [-0.3, -0.25) is 4.79 Å². The number of carbonyl (C=O) groups excluding carboxylic acids is 2. The fraction of sp³-hybridized carbons (Fsp3) is 0.412. The Morgan fingerprint density at radius 3 is 2.21 bits per heavy atom. The summed E-state index contributed by atoms with van der Waals surface area (Å²) < 4.78 is 38.6. The first kappa shape index (κ1) is 30.6. The topological polar surface area (TPSA) is 55.9 Å². The van der Waals surface area contributed by atoms with Crippen molar-refractivity contribution in [3.63, 3.8) is 0 Å². The number of likely N-dealkylation sites (N-methyl/N-ethyl adjacent to an activating group) is 1. The molecule has 228 valence electrons. The quantitative estimate of drug-likeness (QED) is 0.333. The maximum Gasteiger partial charge on any atom is 0.416 e. The summed E-state index contributed by atoms with van der Waals surface area (Å²) in [4.78, 5) is 32.7. The molecule has 2 saturated heterocycles. The Kier molecular flexibility index (Phi) is 9.40. The highest BCUT2D eigenvalue weighted by molar-refractivity contribution is 5.95. The van der Waals surface area contributed by atoms with E-state index in [2.05, 4.69) is 34.5 Å². The zero-order chi connectivity index (χ0) is 30.6. The molecule has 2 aliphatic heterocycles. The standard InChI is InChI=1S/C34H39F3N4O2/c1-24-31(38-32(42)28-12-10-26(11-13-28)27-14-16-29(17-15-27)34(35,36)37)19-22-41(24)33(43)39(2)30-18-21-40(23-30)20-6-9-25-7-4-3-5-8-25/h3-5,7-8,10-17,24,30-31H,6,9,18-23H2,1-2H3,(H,38,42). The first-order valence-corrected chi connectivity index (χ1v) is 15.0. The molecule has 3 atom stereocenters. The summed E-state index contributed by atoms with van der Waals surface area (Å²) in [5.74, 6) is -0.236.